The highest BCUT2D eigenvalue weighted by Crippen LogP contribution is 2.28. The summed E-state index contributed by atoms with van der Waals surface area (Å²) in [6.45, 7) is 3.52. The van der Waals surface area contributed by atoms with Crippen LogP contribution in [0, 0.1) is 10.1 Å². The summed E-state index contributed by atoms with van der Waals surface area (Å²) in [4.78, 5) is 17.2. The lowest BCUT2D eigenvalue weighted by Crippen LogP contribution is -2.42. The molecule has 1 N–H and O–H groups in total. The second-order valence-electron chi connectivity index (χ2n) is 7.04. The minimum atomic E-state index is -0.572. The Hall–Kier alpha value is -2.93. The number of pyridine rings is 1. The lowest BCUT2D eigenvalue weighted by Gasteiger charge is -2.37. The third-order valence-electron chi connectivity index (χ3n) is 5.08. The molecule has 7 heteroatoms. The van der Waals surface area contributed by atoms with Crippen molar-refractivity contribution in [2.75, 3.05) is 18.0 Å². The first kappa shape index (κ1) is 16.5. The van der Waals surface area contributed by atoms with Crippen LogP contribution in [0.5, 0.6) is 0 Å². The first-order valence-electron chi connectivity index (χ1n) is 8.62. The van der Waals surface area contributed by atoms with Crippen LogP contribution in [-0.4, -0.2) is 38.1 Å². The molecule has 1 aliphatic heterocycles. The van der Waals surface area contributed by atoms with Gasteiger partial charge in [-0.25, -0.2) is 4.98 Å². The van der Waals surface area contributed by atoms with Gasteiger partial charge in [0.15, 0.2) is 0 Å². The van der Waals surface area contributed by atoms with Crippen molar-refractivity contribution in [3.63, 3.8) is 0 Å². The molecule has 0 radical (unpaired) electrons. The van der Waals surface area contributed by atoms with Crippen molar-refractivity contribution in [1.29, 1.82) is 0 Å². The van der Waals surface area contributed by atoms with Crippen molar-refractivity contribution in [3.8, 4) is 11.3 Å². The van der Waals surface area contributed by atoms with Crippen LogP contribution in [0.25, 0.3) is 16.9 Å². The van der Waals surface area contributed by atoms with Gasteiger partial charge in [-0.15, -0.1) is 0 Å². The van der Waals surface area contributed by atoms with E-state index in [1.165, 1.54) is 12.1 Å². The Kier molecular flexibility index (Phi) is 3.88. The summed E-state index contributed by atoms with van der Waals surface area (Å²) in [5, 5.41) is 20.9. The Morgan fingerprint density at radius 2 is 1.88 bits per heavy atom. The Labute approximate surface area is 150 Å². The molecule has 0 spiro atoms. The molecule has 2 aromatic heterocycles. The van der Waals surface area contributed by atoms with Crippen LogP contribution in [0.2, 0.25) is 0 Å². The van der Waals surface area contributed by atoms with Crippen LogP contribution in [0.15, 0.2) is 48.8 Å². The second kappa shape index (κ2) is 6.10. The zero-order chi connectivity index (χ0) is 18.3. The van der Waals surface area contributed by atoms with Crippen LogP contribution in [0.4, 0.5) is 11.4 Å². The maximum atomic E-state index is 10.8. The van der Waals surface area contributed by atoms with Crippen molar-refractivity contribution in [2.24, 2.45) is 0 Å². The molecule has 1 saturated heterocycles. The maximum Gasteiger partial charge on any atom is 0.269 e. The lowest BCUT2D eigenvalue weighted by molar-refractivity contribution is -0.384. The maximum absolute atomic E-state index is 10.8. The molecule has 0 bridgehead atoms. The summed E-state index contributed by atoms with van der Waals surface area (Å²) in [5.74, 6) is 0. The van der Waals surface area contributed by atoms with E-state index in [4.69, 9.17) is 0 Å². The fraction of sp³-hybridized carbons (Fsp3) is 0.316. The Morgan fingerprint density at radius 1 is 1.19 bits per heavy atom. The summed E-state index contributed by atoms with van der Waals surface area (Å²) in [6.07, 6.45) is 5.25. The van der Waals surface area contributed by atoms with Crippen molar-refractivity contribution < 1.29 is 10.0 Å². The molecule has 1 aliphatic rings. The molecule has 3 aromatic rings. The molecule has 0 atom stereocenters. The number of piperidine rings is 1. The lowest BCUT2D eigenvalue weighted by atomic mass is 9.93. The van der Waals surface area contributed by atoms with Gasteiger partial charge in [0.2, 0.25) is 0 Å². The van der Waals surface area contributed by atoms with E-state index in [-0.39, 0.29) is 5.69 Å². The van der Waals surface area contributed by atoms with E-state index in [9.17, 15) is 15.2 Å². The zero-order valence-corrected chi connectivity index (χ0v) is 14.5. The average molecular weight is 352 g/mol. The number of hydrogen-bond donors (Lipinski definition) is 1. The number of hydrogen-bond acceptors (Lipinski definition) is 5. The summed E-state index contributed by atoms with van der Waals surface area (Å²) in [7, 11) is 0. The molecule has 134 valence electrons. The van der Waals surface area contributed by atoms with E-state index in [1.54, 1.807) is 18.3 Å². The normalized spacial score (nSPS) is 16.8. The second-order valence-corrected chi connectivity index (χ2v) is 7.04. The largest absolute Gasteiger partial charge is 0.390 e. The molecule has 0 saturated carbocycles. The van der Waals surface area contributed by atoms with Gasteiger partial charge in [-0.3, -0.25) is 14.5 Å². The van der Waals surface area contributed by atoms with E-state index in [0.29, 0.717) is 0 Å². The Balaban J connectivity index is 1.62. The van der Waals surface area contributed by atoms with E-state index in [0.717, 1.165) is 48.5 Å². The first-order chi connectivity index (χ1) is 12.4. The monoisotopic (exact) mass is 352 g/mol. The van der Waals surface area contributed by atoms with E-state index in [2.05, 4.69) is 9.88 Å². The quantitative estimate of drug-likeness (QED) is 0.578. The fourth-order valence-corrected chi connectivity index (χ4v) is 3.38. The van der Waals surface area contributed by atoms with Gasteiger partial charge in [0.1, 0.15) is 5.65 Å². The topological polar surface area (TPSA) is 83.9 Å². The summed E-state index contributed by atoms with van der Waals surface area (Å²) < 4.78 is 1.98. The summed E-state index contributed by atoms with van der Waals surface area (Å²) in [6, 6.07) is 10.6. The number of nitro benzene ring substituents is 1. The van der Waals surface area contributed by atoms with Crippen molar-refractivity contribution >= 4 is 17.0 Å². The Morgan fingerprint density at radius 3 is 2.54 bits per heavy atom. The number of aromatic nitrogens is 2. The van der Waals surface area contributed by atoms with Crippen LogP contribution in [-0.2, 0) is 0 Å². The number of nitro groups is 1. The predicted octanol–water partition coefficient (Wildman–Crippen LogP) is 3.26. The number of imidazole rings is 1. The number of non-ortho nitro benzene ring substituents is 1. The van der Waals surface area contributed by atoms with Gasteiger partial charge >= 0.3 is 0 Å². The van der Waals surface area contributed by atoms with Gasteiger partial charge in [-0.2, -0.15) is 0 Å². The summed E-state index contributed by atoms with van der Waals surface area (Å²) >= 11 is 0. The molecular weight excluding hydrogens is 332 g/mol. The molecule has 3 heterocycles. The summed E-state index contributed by atoms with van der Waals surface area (Å²) in [5.41, 5.74) is 3.19. The number of fused-ring (bicyclic) bond motifs is 1. The standard InChI is InChI=1S/C19H20N4O3/c1-19(24)7-10-21(11-8-19)16-6-9-22-17(13-20-18(22)12-16)14-2-4-15(5-3-14)23(25)26/h2-6,9,12-13,24H,7-8,10-11H2,1H3. The number of nitrogens with zero attached hydrogens (tertiary/aromatic N) is 4. The minimum Gasteiger partial charge on any atom is -0.390 e. The zero-order valence-electron chi connectivity index (χ0n) is 14.5. The smallest absolute Gasteiger partial charge is 0.269 e. The highest BCUT2D eigenvalue weighted by atomic mass is 16.6. The molecule has 4 rings (SSSR count). The van der Waals surface area contributed by atoms with Crippen molar-refractivity contribution in [2.45, 2.75) is 25.4 Å². The molecule has 0 unspecified atom stereocenters. The van der Waals surface area contributed by atoms with Gasteiger partial charge in [-0.1, -0.05) is 0 Å². The van der Waals surface area contributed by atoms with Gasteiger partial charge in [0.25, 0.3) is 5.69 Å². The number of aliphatic hydroxyl groups is 1. The van der Waals surface area contributed by atoms with Gasteiger partial charge in [-0.05, 0) is 38.0 Å². The molecule has 26 heavy (non-hydrogen) atoms. The van der Waals surface area contributed by atoms with Crippen LogP contribution >= 0.6 is 0 Å². The first-order valence-corrected chi connectivity index (χ1v) is 8.62. The molecule has 0 amide bonds. The highest BCUT2D eigenvalue weighted by molar-refractivity contribution is 5.67. The van der Waals surface area contributed by atoms with Crippen LogP contribution in [0.1, 0.15) is 19.8 Å². The molecule has 7 nitrogen and oxygen atoms in total. The number of anilines is 1. The number of benzene rings is 1. The molecular formula is C19H20N4O3. The van der Waals surface area contributed by atoms with E-state index < -0.39 is 10.5 Å². The van der Waals surface area contributed by atoms with Gasteiger partial charge < -0.3 is 10.0 Å². The minimum absolute atomic E-state index is 0.0749. The molecule has 1 fully saturated rings. The van der Waals surface area contributed by atoms with E-state index >= 15 is 0 Å². The van der Waals surface area contributed by atoms with E-state index in [1.807, 2.05) is 29.7 Å². The third kappa shape index (κ3) is 3.01. The van der Waals surface area contributed by atoms with Gasteiger partial charge in [0.05, 0.1) is 22.4 Å². The molecule has 0 aliphatic carbocycles. The number of rotatable bonds is 3. The predicted molar refractivity (Wildman–Crippen MR) is 99.4 cm³/mol. The SMILES string of the molecule is CC1(O)CCN(c2ccn3c(-c4ccc([N+](=O)[O-])cc4)cnc3c2)CC1. The highest BCUT2D eigenvalue weighted by Gasteiger charge is 2.27. The van der Waals surface area contributed by atoms with Gasteiger partial charge in [0, 0.05) is 48.7 Å². The van der Waals surface area contributed by atoms with Crippen LogP contribution in [0.3, 0.4) is 0 Å². The van der Waals surface area contributed by atoms with Crippen molar-refractivity contribution in [1.82, 2.24) is 9.38 Å². The van der Waals surface area contributed by atoms with Crippen LogP contribution < -0.4 is 4.90 Å². The fourth-order valence-electron chi connectivity index (χ4n) is 3.38. The third-order valence-corrected chi connectivity index (χ3v) is 5.08. The Bertz CT molecular complexity index is 953. The molecule has 1 aromatic carbocycles. The average Bonchev–Trinajstić information content (AvgIpc) is 3.05. The van der Waals surface area contributed by atoms with Crippen molar-refractivity contribution in [3.05, 3.63) is 58.9 Å².